The number of amides is 1. The summed E-state index contributed by atoms with van der Waals surface area (Å²) in [7, 11) is 0. The fourth-order valence-electron chi connectivity index (χ4n) is 1.84. The third-order valence-corrected chi connectivity index (χ3v) is 2.52. The predicted octanol–water partition coefficient (Wildman–Crippen LogP) is -0.889. The fraction of sp³-hybridized carbons (Fsp3) is 0.875. The molecule has 2 atom stereocenters. The van der Waals surface area contributed by atoms with Crippen molar-refractivity contribution >= 4 is 5.91 Å². The van der Waals surface area contributed by atoms with Gasteiger partial charge in [0, 0.05) is 18.5 Å². The molecule has 0 spiro atoms. The molecule has 2 aliphatic heterocycles. The normalized spacial score (nSPS) is 36.5. The molecule has 2 N–H and O–H groups in total. The predicted molar refractivity (Wildman–Crippen MR) is 43.7 cm³/mol. The van der Waals surface area contributed by atoms with E-state index in [0.29, 0.717) is 18.6 Å². The Hall–Kier alpha value is -0.610. The largest absolute Gasteiger partial charge is 0.371 e. The van der Waals surface area contributed by atoms with Crippen molar-refractivity contribution < 1.29 is 9.53 Å². The SMILES string of the molecule is O=C1COC[C@H]2CNCC[C@H]2N1. The van der Waals surface area contributed by atoms with E-state index in [1.807, 2.05) is 0 Å². The number of fused-ring (bicyclic) bond motifs is 1. The highest BCUT2D eigenvalue weighted by molar-refractivity contribution is 5.77. The van der Waals surface area contributed by atoms with E-state index in [1.54, 1.807) is 0 Å². The molecule has 2 rings (SSSR count). The lowest BCUT2D eigenvalue weighted by Crippen LogP contribution is -2.49. The first-order chi connectivity index (χ1) is 5.86. The van der Waals surface area contributed by atoms with Crippen molar-refractivity contribution in [3.8, 4) is 0 Å². The molecule has 0 aromatic carbocycles. The molecule has 4 heteroatoms. The summed E-state index contributed by atoms with van der Waals surface area (Å²) < 4.78 is 5.22. The van der Waals surface area contributed by atoms with Gasteiger partial charge in [-0.25, -0.2) is 0 Å². The summed E-state index contributed by atoms with van der Waals surface area (Å²) in [6, 6.07) is 0.334. The van der Waals surface area contributed by atoms with Crippen molar-refractivity contribution in [1.82, 2.24) is 10.6 Å². The highest BCUT2D eigenvalue weighted by Gasteiger charge is 2.28. The van der Waals surface area contributed by atoms with Crippen LogP contribution in [0.1, 0.15) is 6.42 Å². The van der Waals surface area contributed by atoms with E-state index in [2.05, 4.69) is 10.6 Å². The summed E-state index contributed by atoms with van der Waals surface area (Å²) in [5.74, 6) is 0.495. The number of hydrogen-bond donors (Lipinski definition) is 2. The van der Waals surface area contributed by atoms with E-state index >= 15 is 0 Å². The smallest absolute Gasteiger partial charge is 0.246 e. The van der Waals surface area contributed by atoms with Gasteiger partial charge in [0.05, 0.1) is 6.61 Å². The van der Waals surface area contributed by atoms with E-state index in [0.717, 1.165) is 19.5 Å². The van der Waals surface area contributed by atoms with Crippen LogP contribution in [-0.4, -0.2) is 38.3 Å². The second-order valence-electron chi connectivity index (χ2n) is 3.44. The molecule has 2 saturated heterocycles. The Balaban J connectivity index is 2.01. The highest BCUT2D eigenvalue weighted by Crippen LogP contribution is 2.13. The van der Waals surface area contributed by atoms with Gasteiger partial charge < -0.3 is 15.4 Å². The number of piperidine rings is 1. The van der Waals surface area contributed by atoms with Gasteiger partial charge in [-0.05, 0) is 13.0 Å². The van der Waals surface area contributed by atoms with Gasteiger partial charge >= 0.3 is 0 Å². The molecule has 0 bridgehead atoms. The summed E-state index contributed by atoms with van der Waals surface area (Å²) >= 11 is 0. The minimum atomic E-state index is 0.0319. The Morgan fingerprint density at radius 1 is 1.50 bits per heavy atom. The zero-order chi connectivity index (χ0) is 8.39. The van der Waals surface area contributed by atoms with Gasteiger partial charge in [-0.2, -0.15) is 0 Å². The van der Waals surface area contributed by atoms with Gasteiger partial charge in [0.15, 0.2) is 0 Å². The molecule has 2 aliphatic rings. The average Bonchev–Trinajstić information content (AvgIpc) is 2.25. The Bertz CT molecular complexity index is 184. The molecule has 12 heavy (non-hydrogen) atoms. The van der Waals surface area contributed by atoms with E-state index in [-0.39, 0.29) is 12.5 Å². The number of carbonyl (C=O) groups excluding carboxylic acids is 1. The molecule has 2 fully saturated rings. The molecular weight excluding hydrogens is 156 g/mol. The summed E-state index contributed by atoms with van der Waals surface area (Å²) in [5, 5.41) is 6.27. The highest BCUT2D eigenvalue weighted by atomic mass is 16.5. The lowest BCUT2D eigenvalue weighted by Gasteiger charge is -2.29. The molecule has 0 radical (unpaired) electrons. The lowest BCUT2D eigenvalue weighted by molar-refractivity contribution is -0.124. The number of ether oxygens (including phenoxy) is 1. The number of nitrogens with one attached hydrogen (secondary N) is 2. The zero-order valence-corrected chi connectivity index (χ0v) is 7.01. The van der Waals surface area contributed by atoms with Crippen LogP contribution >= 0.6 is 0 Å². The van der Waals surface area contributed by atoms with Crippen LogP contribution in [0.3, 0.4) is 0 Å². The Morgan fingerprint density at radius 3 is 3.33 bits per heavy atom. The monoisotopic (exact) mass is 170 g/mol. The van der Waals surface area contributed by atoms with E-state index in [9.17, 15) is 4.79 Å². The van der Waals surface area contributed by atoms with Crippen molar-refractivity contribution in [1.29, 1.82) is 0 Å². The van der Waals surface area contributed by atoms with Crippen LogP contribution in [0.4, 0.5) is 0 Å². The number of rotatable bonds is 0. The molecule has 0 aliphatic carbocycles. The second-order valence-corrected chi connectivity index (χ2v) is 3.44. The van der Waals surface area contributed by atoms with Crippen molar-refractivity contribution in [2.75, 3.05) is 26.3 Å². The molecule has 4 nitrogen and oxygen atoms in total. The minimum absolute atomic E-state index is 0.0319. The summed E-state index contributed by atoms with van der Waals surface area (Å²) in [5.41, 5.74) is 0. The van der Waals surface area contributed by atoms with Crippen LogP contribution in [0.5, 0.6) is 0 Å². The van der Waals surface area contributed by atoms with Gasteiger partial charge in [0.25, 0.3) is 0 Å². The lowest BCUT2D eigenvalue weighted by atomic mass is 9.94. The van der Waals surface area contributed by atoms with Crippen molar-refractivity contribution in [3.63, 3.8) is 0 Å². The number of carbonyl (C=O) groups is 1. The number of hydrogen-bond acceptors (Lipinski definition) is 3. The quantitative estimate of drug-likeness (QED) is 0.496. The van der Waals surface area contributed by atoms with Gasteiger partial charge in [-0.1, -0.05) is 0 Å². The molecule has 1 amide bonds. The zero-order valence-electron chi connectivity index (χ0n) is 7.01. The van der Waals surface area contributed by atoms with Crippen molar-refractivity contribution in [3.05, 3.63) is 0 Å². The second kappa shape index (κ2) is 3.41. The average molecular weight is 170 g/mol. The molecular formula is C8H14N2O2. The molecule has 68 valence electrons. The van der Waals surface area contributed by atoms with Crippen LogP contribution in [0.2, 0.25) is 0 Å². The van der Waals surface area contributed by atoms with Crippen molar-refractivity contribution in [2.45, 2.75) is 12.5 Å². The summed E-state index contributed by atoms with van der Waals surface area (Å²) in [6.07, 6.45) is 1.03. The van der Waals surface area contributed by atoms with Gasteiger partial charge in [0.1, 0.15) is 6.61 Å². The Labute approximate surface area is 71.7 Å². The molecule has 0 saturated carbocycles. The maximum atomic E-state index is 11.1. The van der Waals surface area contributed by atoms with Gasteiger partial charge in [-0.3, -0.25) is 4.79 Å². The van der Waals surface area contributed by atoms with Gasteiger partial charge in [-0.15, -0.1) is 0 Å². The van der Waals surface area contributed by atoms with E-state index < -0.39 is 0 Å². The maximum Gasteiger partial charge on any atom is 0.246 e. The summed E-state index contributed by atoms with van der Waals surface area (Å²) in [6.45, 7) is 2.90. The minimum Gasteiger partial charge on any atom is -0.371 e. The Kier molecular flexibility index (Phi) is 2.28. The third-order valence-electron chi connectivity index (χ3n) is 2.52. The standard InChI is InChI=1S/C8H14N2O2/c11-8-5-12-4-6-3-9-2-1-7(6)10-8/h6-7,9H,1-5H2,(H,10,11)/t6-,7-/m1/s1. The van der Waals surface area contributed by atoms with E-state index in [1.165, 1.54) is 0 Å². The fourth-order valence-corrected chi connectivity index (χ4v) is 1.84. The Morgan fingerprint density at radius 2 is 2.42 bits per heavy atom. The van der Waals surface area contributed by atoms with Gasteiger partial charge in [0.2, 0.25) is 5.91 Å². The van der Waals surface area contributed by atoms with Crippen molar-refractivity contribution in [2.24, 2.45) is 5.92 Å². The molecule has 0 aromatic heterocycles. The third kappa shape index (κ3) is 1.59. The first-order valence-corrected chi connectivity index (χ1v) is 4.44. The van der Waals surface area contributed by atoms with Crippen LogP contribution in [0.25, 0.3) is 0 Å². The molecule has 2 heterocycles. The molecule has 0 aromatic rings. The van der Waals surface area contributed by atoms with Crippen LogP contribution in [-0.2, 0) is 9.53 Å². The topological polar surface area (TPSA) is 50.4 Å². The summed E-state index contributed by atoms with van der Waals surface area (Å²) in [4.78, 5) is 11.1. The van der Waals surface area contributed by atoms with Crippen LogP contribution in [0.15, 0.2) is 0 Å². The van der Waals surface area contributed by atoms with Crippen LogP contribution in [0, 0.1) is 5.92 Å². The van der Waals surface area contributed by atoms with Crippen LogP contribution < -0.4 is 10.6 Å². The van der Waals surface area contributed by atoms with E-state index in [4.69, 9.17) is 4.74 Å². The first-order valence-electron chi connectivity index (χ1n) is 4.44. The molecule has 0 unspecified atom stereocenters. The maximum absolute atomic E-state index is 11.1. The first kappa shape index (κ1) is 8.01.